The molecule has 1 aromatic heterocycles. The topological polar surface area (TPSA) is 15.7 Å². The molecular formula is C13H19BrN2OS. The first-order chi connectivity index (χ1) is 8.81. The van der Waals surface area contributed by atoms with E-state index in [2.05, 4.69) is 37.9 Å². The monoisotopic (exact) mass is 330 g/mol. The molecule has 5 heteroatoms. The van der Waals surface area contributed by atoms with Gasteiger partial charge >= 0.3 is 0 Å². The Morgan fingerprint density at radius 2 is 2.11 bits per heavy atom. The maximum Gasteiger partial charge on any atom is 0.0701 e. The van der Waals surface area contributed by atoms with Crippen molar-refractivity contribution in [2.75, 3.05) is 39.4 Å². The van der Waals surface area contributed by atoms with Gasteiger partial charge in [0.15, 0.2) is 0 Å². The average molecular weight is 331 g/mol. The number of ether oxygens (including phenoxy) is 1. The quantitative estimate of drug-likeness (QED) is 0.846. The molecule has 2 fully saturated rings. The summed E-state index contributed by atoms with van der Waals surface area (Å²) in [6, 6.07) is 5.06. The standard InChI is InChI=1S/C13H19BrN2OS/c14-13-2-1-12(18-13)9-15-4-6-16(7-5-15)11-3-8-17-10-11/h1-2,11H,3-10H2/t11-/m1/s1. The van der Waals surface area contributed by atoms with Crippen LogP contribution in [-0.2, 0) is 11.3 Å². The SMILES string of the molecule is Brc1ccc(CN2CCN([C@@H]3CCOC3)CC2)s1. The minimum absolute atomic E-state index is 0.683. The van der Waals surface area contributed by atoms with E-state index in [4.69, 9.17) is 4.74 Å². The third kappa shape index (κ3) is 3.14. The van der Waals surface area contributed by atoms with E-state index in [0.717, 1.165) is 19.8 Å². The highest BCUT2D eigenvalue weighted by atomic mass is 79.9. The predicted molar refractivity (Wildman–Crippen MR) is 78.1 cm³/mol. The lowest BCUT2D eigenvalue weighted by molar-refractivity contribution is 0.0819. The molecule has 0 radical (unpaired) electrons. The number of piperazine rings is 1. The number of nitrogens with zero attached hydrogens (tertiary/aromatic N) is 2. The van der Waals surface area contributed by atoms with E-state index in [0.29, 0.717) is 6.04 Å². The van der Waals surface area contributed by atoms with Crippen LogP contribution in [0.15, 0.2) is 15.9 Å². The van der Waals surface area contributed by atoms with Crippen LogP contribution in [-0.4, -0.2) is 55.2 Å². The highest BCUT2D eigenvalue weighted by molar-refractivity contribution is 9.11. The van der Waals surface area contributed by atoms with Crippen LogP contribution < -0.4 is 0 Å². The van der Waals surface area contributed by atoms with Gasteiger partial charge in [-0.25, -0.2) is 0 Å². The highest BCUT2D eigenvalue weighted by Crippen LogP contribution is 2.24. The Hall–Kier alpha value is 0.0600. The molecule has 2 aliphatic heterocycles. The molecule has 0 aromatic carbocycles. The van der Waals surface area contributed by atoms with Crippen molar-refractivity contribution in [2.24, 2.45) is 0 Å². The Kier molecular flexibility index (Phi) is 4.36. The molecule has 1 atom stereocenters. The third-order valence-corrected chi connectivity index (χ3v) is 5.45. The molecule has 1 aromatic rings. The summed E-state index contributed by atoms with van der Waals surface area (Å²) < 4.78 is 6.71. The molecule has 0 saturated carbocycles. The summed E-state index contributed by atoms with van der Waals surface area (Å²) in [6.07, 6.45) is 1.22. The smallest absolute Gasteiger partial charge is 0.0701 e. The van der Waals surface area contributed by atoms with E-state index in [-0.39, 0.29) is 0 Å². The van der Waals surface area contributed by atoms with Crippen LogP contribution in [0.2, 0.25) is 0 Å². The van der Waals surface area contributed by atoms with Crippen molar-refractivity contribution in [3.8, 4) is 0 Å². The van der Waals surface area contributed by atoms with Gasteiger partial charge in [0.2, 0.25) is 0 Å². The van der Waals surface area contributed by atoms with E-state index in [9.17, 15) is 0 Å². The first-order valence-electron chi connectivity index (χ1n) is 6.59. The van der Waals surface area contributed by atoms with Gasteiger partial charge in [0.1, 0.15) is 0 Å². The van der Waals surface area contributed by atoms with Gasteiger partial charge < -0.3 is 4.74 Å². The Balaban J connectivity index is 1.47. The Bertz CT molecular complexity index is 384. The summed E-state index contributed by atoms with van der Waals surface area (Å²) in [5, 5.41) is 0. The fraction of sp³-hybridized carbons (Fsp3) is 0.692. The Morgan fingerprint density at radius 3 is 2.72 bits per heavy atom. The lowest BCUT2D eigenvalue weighted by Gasteiger charge is -2.37. The van der Waals surface area contributed by atoms with Crippen molar-refractivity contribution < 1.29 is 4.74 Å². The molecule has 2 saturated heterocycles. The van der Waals surface area contributed by atoms with Gasteiger partial charge in [-0.2, -0.15) is 0 Å². The van der Waals surface area contributed by atoms with Crippen LogP contribution in [0.4, 0.5) is 0 Å². The summed E-state index contributed by atoms with van der Waals surface area (Å²) in [5.74, 6) is 0. The maximum atomic E-state index is 5.48. The van der Waals surface area contributed by atoms with E-state index in [1.54, 1.807) is 0 Å². The molecule has 0 amide bonds. The van der Waals surface area contributed by atoms with Crippen LogP contribution >= 0.6 is 27.3 Å². The molecule has 0 spiro atoms. The molecule has 0 aliphatic carbocycles. The first kappa shape index (κ1) is 13.1. The van der Waals surface area contributed by atoms with Crippen molar-refractivity contribution >= 4 is 27.3 Å². The van der Waals surface area contributed by atoms with Crippen molar-refractivity contribution in [3.05, 3.63) is 20.8 Å². The molecule has 18 heavy (non-hydrogen) atoms. The average Bonchev–Trinajstić information content (AvgIpc) is 3.02. The summed E-state index contributed by atoms with van der Waals surface area (Å²) in [6.45, 7) is 7.76. The van der Waals surface area contributed by atoms with E-state index in [1.165, 1.54) is 41.3 Å². The minimum Gasteiger partial charge on any atom is -0.380 e. The van der Waals surface area contributed by atoms with Crippen molar-refractivity contribution in [2.45, 2.75) is 19.0 Å². The zero-order chi connectivity index (χ0) is 12.4. The van der Waals surface area contributed by atoms with Gasteiger partial charge in [-0.05, 0) is 34.5 Å². The Labute approximate surface area is 121 Å². The lowest BCUT2D eigenvalue weighted by atomic mass is 10.2. The second kappa shape index (κ2) is 6.01. The third-order valence-electron chi connectivity index (χ3n) is 3.84. The van der Waals surface area contributed by atoms with Crippen LogP contribution in [0, 0.1) is 0 Å². The van der Waals surface area contributed by atoms with Gasteiger partial charge in [0.25, 0.3) is 0 Å². The van der Waals surface area contributed by atoms with E-state index >= 15 is 0 Å². The molecule has 3 rings (SSSR count). The molecule has 0 unspecified atom stereocenters. The Morgan fingerprint density at radius 1 is 1.28 bits per heavy atom. The van der Waals surface area contributed by atoms with Crippen LogP contribution in [0.3, 0.4) is 0 Å². The molecule has 3 nitrogen and oxygen atoms in total. The number of rotatable bonds is 3. The fourth-order valence-corrected chi connectivity index (χ4v) is 4.28. The predicted octanol–water partition coefficient (Wildman–Crippen LogP) is 2.42. The number of hydrogen-bond donors (Lipinski definition) is 0. The summed E-state index contributed by atoms with van der Waals surface area (Å²) in [4.78, 5) is 6.62. The largest absolute Gasteiger partial charge is 0.380 e. The zero-order valence-electron chi connectivity index (χ0n) is 10.5. The lowest BCUT2D eigenvalue weighted by Crippen LogP contribution is -2.50. The first-order valence-corrected chi connectivity index (χ1v) is 8.20. The minimum atomic E-state index is 0.683. The van der Waals surface area contributed by atoms with Gasteiger partial charge in [0.05, 0.1) is 10.4 Å². The van der Waals surface area contributed by atoms with Crippen molar-refractivity contribution in [1.29, 1.82) is 0 Å². The molecule has 2 aliphatic rings. The summed E-state index contributed by atoms with van der Waals surface area (Å²) in [5.41, 5.74) is 0. The fourth-order valence-electron chi connectivity index (χ4n) is 2.75. The summed E-state index contributed by atoms with van der Waals surface area (Å²) in [7, 11) is 0. The number of hydrogen-bond acceptors (Lipinski definition) is 4. The zero-order valence-corrected chi connectivity index (χ0v) is 12.9. The second-order valence-corrected chi connectivity index (χ2v) is 7.58. The summed E-state index contributed by atoms with van der Waals surface area (Å²) >= 11 is 5.38. The van der Waals surface area contributed by atoms with Crippen LogP contribution in [0.5, 0.6) is 0 Å². The van der Waals surface area contributed by atoms with Gasteiger partial charge in [-0.15, -0.1) is 11.3 Å². The van der Waals surface area contributed by atoms with Gasteiger partial charge in [-0.1, -0.05) is 0 Å². The van der Waals surface area contributed by atoms with Crippen LogP contribution in [0.25, 0.3) is 0 Å². The van der Waals surface area contributed by atoms with Crippen molar-refractivity contribution in [1.82, 2.24) is 9.80 Å². The maximum absolute atomic E-state index is 5.48. The number of halogens is 1. The molecule has 0 bridgehead atoms. The molecule has 100 valence electrons. The highest BCUT2D eigenvalue weighted by Gasteiger charge is 2.26. The van der Waals surface area contributed by atoms with Gasteiger partial charge in [-0.3, -0.25) is 9.80 Å². The van der Waals surface area contributed by atoms with Gasteiger partial charge in [0, 0.05) is 50.2 Å². The van der Waals surface area contributed by atoms with Crippen LogP contribution in [0.1, 0.15) is 11.3 Å². The second-order valence-electron chi connectivity index (χ2n) is 5.04. The normalized spacial score (nSPS) is 26.8. The molecule has 3 heterocycles. The van der Waals surface area contributed by atoms with Crippen molar-refractivity contribution in [3.63, 3.8) is 0 Å². The molecule has 0 N–H and O–H groups in total. The molecular weight excluding hydrogens is 312 g/mol. The van der Waals surface area contributed by atoms with E-state index < -0.39 is 0 Å². The van der Waals surface area contributed by atoms with E-state index in [1.807, 2.05) is 11.3 Å². The number of thiophene rings is 1.